The minimum atomic E-state index is -1.30. The summed E-state index contributed by atoms with van der Waals surface area (Å²) in [6.45, 7) is 7.14. The predicted octanol–water partition coefficient (Wildman–Crippen LogP) is 2.49. The maximum atomic E-state index is 12.7. The van der Waals surface area contributed by atoms with Crippen LogP contribution in [0.1, 0.15) is 46.1 Å². The smallest absolute Gasteiger partial charge is 0.408 e. The van der Waals surface area contributed by atoms with Gasteiger partial charge in [-0.1, -0.05) is 51.1 Å². The molecule has 0 saturated carbocycles. The molecule has 0 aliphatic carbocycles. The summed E-state index contributed by atoms with van der Waals surface area (Å²) in [5.74, 6) is -3.14. The molecule has 0 aromatic heterocycles. The third-order valence-corrected chi connectivity index (χ3v) is 4.42. The molecule has 1 rings (SSSR count). The number of amides is 2. The predicted molar refractivity (Wildman–Crippen MR) is 113 cm³/mol. The van der Waals surface area contributed by atoms with Crippen molar-refractivity contribution in [2.75, 3.05) is 6.61 Å². The Balaban J connectivity index is 2.74. The van der Waals surface area contributed by atoms with Gasteiger partial charge in [-0.3, -0.25) is 9.59 Å². The highest BCUT2D eigenvalue weighted by molar-refractivity contribution is 5.89. The first-order chi connectivity index (χ1) is 14.6. The van der Waals surface area contributed by atoms with Gasteiger partial charge in [-0.25, -0.2) is 9.59 Å². The number of rotatable bonds is 12. The Hall–Kier alpha value is -3.10. The number of alkyl carbamates (subject to hydrolysis) is 1. The van der Waals surface area contributed by atoms with Gasteiger partial charge < -0.3 is 25.2 Å². The lowest BCUT2D eigenvalue weighted by atomic mass is 10.00. The molecule has 3 N–H and O–H groups in total. The summed E-state index contributed by atoms with van der Waals surface area (Å²) in [6.07, 6.45) is -0.630. The number of carboxylic acid groups (broad SMARTS) is 1. The van der Waals surface area contributed by atoms with Crippen LogP contribution in [-0.2, 0) is 30.5 Å². The molecule has 0 spiro atoms. The number of hydrogen-bond acceptors (Lipinski definition) is 6. The summed E-state index contributed by atoms with van der Waals surface area (Å²) in [4.78, 5) is 48.3. The van der Waals surface area contributed by atoms with Gasteiger partial charge in [-0.05, 0) is 31.2 Å². The van der Waals surface area contributed by atoms with Gasteiger partial charge in [0.25, 0.3) is 0 Å². The van der Waals surface area contributed by atoms with Crippen molar-refractivity contribution in [3.63, 3.8) is 0 Å². The maximum absolute atomic E-state index is 12.7. The van der Waals surface area contributed by atoms with Gasteiger partial charge >= 0.3 is 18.0 Å². The third-order valence-electron chi connectivity index (χ3n) is 4.42. The largest absolute Gasteiger partial charge is 0.480 e. The van der Waals surface area contributed by atoms with E-state index in [0.717, 1.165) is 5.56 Å². The van der Waals surface area contributed by atoms with Crippen molar-refractivity contribution < 1.29 is 33.8 Å². The zero-order valence-corrected chi connectivity index (χ0v) is 18.4. The van der Waals surface area contributed by atoms with E-state index in [4.69, 9.17) is 9.47 Å². The van der Waals surface area contributed by atoms with Crippen LogP contribution < -0.4 is 10.6 Å². The number of carboxylic acids is 1. The molecule has 0 heterocycles. The summed E-state index contributed by atoms with van der Waals surface area (Å²) < 4.78 is 10.0. The van der Waals surface area contributed by atoms with E-state index in [-0.39, 0.29) is 32.0 Å². The number of hydrogen-bond donors (Lipinski definition) is 3. The standard InChI is InChI=1S/C22H32N2O7/c1-5-30-21(28)15(4)12-18(20(26)27)23-19(25)17(11-14(2)3)24-22(29)31-13-16-9-7-6-8-10-16/h6-10,14-15,17-18H,5,11-13H2,1-4H3,(H,23,25)(H,24,29)(H,26,27)/t15-,17-,18+/m0/s1. The van der Waals surface area contributed by atoms with E-state index in [1.165, 1.54) is 6.92 Å². The van der Waals surface area contributed by atoms with Crippen LogP contribution in [0.5, 0.6) is 0 Å². The van der Waals surface area contributed by atoms with Gasteiger partial charge in [-0.2, -0.15) is 0 Å². The summed E-state index contributed by atoms with van der Waals surface area (Å²) in [6, 6.07) is 6.78. The molecule has 0 radical (unpaired) electrons. The summed E-state index contributed by atoms with van der Waals surface area (Å²) in [5.41, 5.74) is 0.793. The normalized spacial score (nSPS) is 13.6. The highest BCUT2D eigenvalue weighted by atomic mass is 16.5. The Kier molecular flexibility index (Phi) is 11.1. The summed E-state index contributed by atoms with van der Waals surface area (Å²) in [7, 11) is 0. The second-order valence-electron chi connectivity index (χ2n) is 7.68. The molecule has 9 nitrogen and oxygen atoms in total. The molecule has 0 aliphatic heterocycles. The average molecular weight is 437 g/mol. The van der Waals surface area contributed by atoms with Gasteiger partial charge in [0.05, 0.1) is 12.5 Å². The van der Waals surface area contributed by atoms with Crippen molar-refractivity contribution in [3.05, 3.63) is 35.9 Å². The van der Waals surface area contributed by atoms with Crippen molar-refractivity contribution in [2.45, 2.75) is 59.2 Å². The van der Waals surface area contributed by atoms with E-state index in [1.54, 1.807) is 19.1 Å². The van der Waals surface area contributed by atoms with Gasteiger partial charge in [0.15, 0.2) is 0 Å². The first-order valence-electron chi connectivity index (χ1n) is 10.3. The zero-order valence-electron chi connectivity index (χ0n) is 18.4. The number of carbonyl (C=O) groups is 4. The lowest BCUT2D eigenvalue weighted by Crippen LogP contribution is -2.52. The van der Waals surface area contributed by atoms with E-state index in [2.05, 4.69) is 10.6 Å². The summed E-state index contributed by atoms with van der Waals surface area (Å²) in [5, 5.41) is 14.4. The fourth-order valence-electron chi connectivity index (χ4n) is 2.84. The number of carbonyl (C=O) groups excluding carboxylic acids is 3. The Morgan fingerprint density at radius 3 is 2.13 bits per heavy atom. The van der Waals surface area contributed by atoms with E-state index >= 15 is 0 Å². The second-order valence-corrected chi connectivity index (χ2v) is 7.68. The van der Waals surface area contributed by atoms with Crippen LogP contribution in [0.25, 0.3) is 0 Å². The molecule has 0 aliphatic rings. The Labute approximate surface area is 182 Å². The van der Waals surface area contributed by atoms with Crippen LogP contribution in [-0.4, -0.2) is 47.7 Å². The highest BCUT2D eigenvalue weighted by Crippen LogP contribution is 2.11. The van der Waals surface area contributed by atoms with E-state index in [0.29, 0.717) is 0 Å². The highest BCUT2D eigenvalue weighted by Gasteiger charge is 2.30. The number of esters is 1. The molecule has 1 aromatic rings. The monoisotopic (exact) mass is 436 g/mol. The molecular weight excluding hydrogens is 404 g/mol. The molecule has 3 atom stereocenters. The Bertz CT molecular complexity index is 737. The van der Waals surface area contributed by atoms with Crippen molar-refractivity contribution in [3.8, 4) is 0 Å². The molecule has 0 unspecified atom stereocenters. The zero-order chi connectivity index (χ0) is 23.4. The topological polar surface area (TPSA) is 131 Å². The van der Waals surface area contributed by atoms with Crippen LogP contribution in [0.15, 0.2) is 30.3 Å². The van der Waals surface area contributed by atoms with Crippen molar-refractivity contribution >= 4 is 23.9 Å². The third kappa shape index (κ3) is 9.97. The first-order valence-corrected chi connectivity index (χ1v) is 10.3. The molecule has 2 amide bonds. The Morgan fingerprint density at radius 1 is 0.935 bits per heavy atom. The number of aliphatic carboxylic acids is 1. The van der Waals surface area contributed by atoms with Crippen LogP contribution in [0.4, 0.5) is 4.79 Å². The van der Waals surface area contributed by atoms with Gasteiger partial charge in [0.1, 0.15) is 18.7 Å². The molecule has 31 heavy (non-hydrogen) atoms. The number of ether oxygens (including phenoxy) is 2. The fraction of sp³-hybridized carbons (Fsp3) is 0.545. The van der Waals surface area contributed by atoms with Gasteiger partial charge in [0, 0.05) is 0 Å². The fourth-order valence-corrected chi connectivity index (χ4v) is 2.84. The van der Waals surface area contributed by atoms with E-state index in [9.17, 15) is 24.3 Å². The molecular formula is C22H32N2O7. The lowest BCUT2D eigenvalue weighted by molar-refractivity contribution is -0.149. The van der Waals surface area contributed by atoms with Crippen molar-refractivity contribution in [1.29, 1.82) is 0 Å². The van der Waals surface area contributed by atoms with Crippen molar-refractivity contribution in [1.82, 2.24) is 10.6 Å². The van der Waals surface area contributed by atoms with Crippen LogP contribution >= 0.6 is 0 Å². The lowest BCUT2D eigenvalue weighted by Gasteiger charge is -2.23. The van der Waals surface area contributed by atoms with E-state index < -0.39 is 41.9 Å². The number of benzene rings is 1. The first kappa shape index (κ1) is 25.9. The van der Waals surface area contributed by atoms with Crippen molar-refractivity contribution in [2.24, 2.45) is 11.8 Å². The molecule has 0 bridgehead atoms. The number of nitrogens with one attached hydrogen (secondary N) is 2. The van der Waals surface area contributed by atoms with Crippen LogP contribution in [0, 0.1) is 11.8 Å². The average Bonchev–Trinajstić information content (AvgIpc) is 2.71. The Morgan fingerprint density at radius 2 is 1.58 bits per heavy atom. The van der Waals surface area contributed by atoms with Gasteiger partial charge in [-0.15, -0.1) is 0 Å². The van der Waals surface area contributed by atoms with Gasteiger partial charge in [0.2, 0.25) is 5.91 Å². The molecule has 1 aromatic carbocycles. The molecule has 9 heteroatoms. The van der Waals surface area contributed by atoms with Crippen LogP contribution in [0.2, 0.25) is 0 Å². The molecule has 0 fully saturated rings. The minimum absolute atomic E-state index is 0.0392. The quantitative estimate of drug-likeness (QED) is 0.429. The molecule has 172 valence electrons. The second kappa shape index (κ2) is 13.3. The summed E-state index contributed by atoms with van der Waals surface area (Å²) >= 11 is 0. The molecule has 0 saturated heterocycles. The minimum Gasteiger partial charge on any atom is -0.480 e. The van der Waals surface area contributed by atoms with E-state index in [1.807, 2.05) is 32.0 Å². The SMILES string of the molecule is CCOC(=O)[C@@H](C)C[C@@H](NC(=O)[C@H](CC(C)C)NC(=O)OCc1ccccc1)C(=O)O. The maximum Gasteiger partial charge on any atom is 0.408 e. The van der Waals surface area contributed by atoms with Crippen LogP contribution in [0.3, 0.4) is 0 Å².